The SMILES string of the molecule is O=C(COc1ccc2c(c1)OC(=Cc1cccs1)C2=O)OCc1ccccc1. The summed E-state index contributed by atoms with van der Waals surface area (Å²) in [6, 6.07) is 18.1. The molecule has 0 bridgehead atoms. The van der Waals surface area contributed by atoms with Gasteiger partial charge in [0.2, 0.25) is 5.78 Å². The molecule has 5 nitrogen and oxygen atoms in total. The van der Waals surface area contributed by atoms with Gasteiger partial charge in [-0.3, -0.25) is 4.79 Å². The molecule has 0 atom stereocenters. The molecule has 1 aliphatic heterocycles. The van der Waals surface area contributed by atoms with Gasteiger partial charge in [0.15, 0.2) is 12.4 Å². The van der Waals surface area contributed by atoms with Crippen LogP contribution < -0.4 is 9.47 Å². The van der Waals surface area contributed by atoms with Gasteiger partial charge in [0, 0.05) is 17.0 Å². The molecule has 3 aromatic rings. The summed E-state index contributed by atoms with van der Waals surface area (Å²) in [6.45, 7) is -0.0286. The zero-order chi connectivity index (χ0) is 19.3. The summed E-state index contributed by atoms with van der Waals surface area (Å²) in [7, 11) is 0. The van der Waals surface area contributed by atoms with Gasteiger partial charge in [0.1, 0.15) is 18.1 Å². The second-order valence-electron chi connectivity index (χ2n) is 6.05. The zero-order valence-corrected chi connectivity index (χ0v) is 15.6. The van der Waals surface area contributed by atoms with Crippen LogP contribution in [0.1, 0.15) is 20.8 Å². The largest absolute Gasteiger partial charge is 0.482 e. The summed E-state index contributed by atoms with van der Waals surface area (Å²) < 4.78 is 16.3. The molecule has 0 N–H and O–H groups in total. The Kier molecular flexibility index (Phi) is 5.21. The maximum absolute atomic E-state index is 12.4. The van der Waals surface area contributed by atoms with Crippen LogP contribution >= 0.6 is 11.3 Å². The van der Waals surface area contributed by atoms with Gasteiger partial charge in [-0.1, -0.05) is 36.4 Å². The third kappa shape index (κ3) is 4.13. The summed E-state index contributed by atoms with van der Waals surface area (Å²) in [5, 5.41) is 1.93. The monoisotopic (exact) mass is 392 g/mol. The van der Waals surface area contributed by atoms with Crippen molar-refractivity contribution in [2.24, 2.45) is 0 Å². The number of thiophene rings is 1. The molecular weight excluding hydrogens is 376 g/mol. The Morgan fingerprint density at radius 3 is 2.71 bits per heavy atom. The smallest absolute Gasteiger partial charge is 0.344 e. The fourth-order valence-electron chi connectivity index (χ4n) is 2.68. The molecule has 0 saturated heterocycles. The van der Waals surface area contributed by atoms with E-state index in [1.165, 1.54) is 11.3 Å². The number of allylic oxidation sites excluding steroid dienone is 1. The van der Waals surface area contributed by atoms with Crippen LogP contribution in [-0.4, -0.2) is 18.4 Å². The molecule has 4 rings (SSSR count). The first-order valence-electron chi connectivity index (χ1n) is 8.63. The number of fused-ring (bicyclic) bond motifs is 1. The number of carbonyl (C=O) groups excluding carboxylic acids is 2. The van der Waals surface area contributed by atoms with Gasteiger partial charge in [-0.25, -0.2) is 4.79 Å². The molecule has 6 heteroatoms. The number of hydrogen-bond acceptors (Lipinski definition) is 6. The molecule has 0 saturated carbocycles. The quantitative estimate of drug-likeness (QED) is 0.457. The van der Waals surface area contributed by atoms with E-state index in [0.29, 0.717) is 17.1 Å². The average Bonchev–Trinajstić information content (AvgIpc) is 3.34. The number of ether oxygens (including phenoxy) is 3. The van der Waals surface area contributed by atoms with Gasteiger partial charge in [0.05, 0.1) is 5.56 Å². The van der Waals surface area contributed by atoms with E-state index >= 15 is 0 Å². The van der Waals surface area contributed by atoms with Crippen molar-refractivity contribution in [3.05, 3.63) is 87.8 Å². The van der Waals surface area contributed by atoms with E-state index in [4.69, 9.17) is 14.2 Å². The summed E-state index contributed by atoms with van der Waals surface area (Å²) in [6.07, 6.45) is 1.72. The third-order valence-corrected chi connectivity index (χ3v) is 4.88. The minimum Gasteiger partial charge on any atom is -0.482 e. The van der Waals surface area contributed by atoms with Gasteiger partial charge >= 0.3 is 5.97 Å². The molecule has 1 aromatic heterocycles. The Morgan fingerprint density at radius 1 is 1.07 bits per heavy atom. The molecule has 2 aromatic carbocycles. The Bertz CT molecular complexity index is 1020. The van der Waals surface area contributed by atoms with E-state index in [9.17, 15) is 9.59 Å². The van der Waals surface area contributed by atoms with Gasteiger partial charge in [-0.15, -0.1) is 11.3 Å². The zero-order valence-electron chi connectivity index (χ0n) is 14.8. The number of rotatable bonds is 6. The van der Waals surface area contributed by atoms with Crippen molar-refractivity contribution in [3.8, 4) is 11.5 Å². The standard InChI is InChI=1S/C22H16O5S/c23-21(26-13-15-5-2-1-3-6-15)14-25-16-8-9-18-19(11-16)27-20(22(18)24)12-17-7-4-10-28-17/h1-12H,13-14H2. The minimum absolute atomic E-state index is 0.169. The minimum atomic E-state index is -0.473. The molecule has 140 valence electrons. The highest BCUT2D eigenvalue weighted by molar-refractivity contribution is 7.10. The first kappa shape index (κ1) is 18.0. The number of hydrogen-bond donors (Lipinski definition) is 0. The molecule has 2 heterocycles. The lowest BCUT2D eigenvalue weighted by atomic mass is 10.1. The Hall–Kier alpha value is -3.38. The van der Waals surface area contributed by atoms with E-state index in [0.717, 1.165) is 10.4 Å². The summed E-state index contributed by atoms with van der Waals surface area (Å²) in [4.78, 5) is 25.2. The van der Waals surface area contributed by atoms with Gasteiger partial charge in [-0.05, 0) is 29.1 Å². The molecule has 0 fully saturated rings. The molecule has 0 unspecified atom stereocenters. The third-order valence-electron chi connectivity index (χ3n) is 4.06. The predicted molar refractivity (Wildman–Crippen MR) is 105 cm³/mol. The lowest BCUT2D eigenvalue weighted by molar-refractivity contribution is -0.147. The number of esters is 1. The van der Waals surface area contributed by atoms with Crippen molar-refractivity contribution in [3.63, 3.8) is 0 Å². The maximum atomic E-state index is 12.4. The summed E-state index contributed by atoms with van der Waals surface area (Å²) >= 11 is 1.52. The molecular formula is C22H16O5S. The van der Waals surface area contributed by atoms with Crippen LogP contribution in [0.5, 0.6) is 11.5 Å². The van der Waals surface area contributed by atoms with E-state index in [2.05, 4.69) is 0 Å². The first-order valence-corrected chi connectivity index (χ1v) is 9.51. The van der Waals surface area contributed by atoms with Crippen molar-refractivity contribution in [2.45, 2.75) is 6.61 Å². The second kappa shape index (κ2) is 8.10. The van der Waals surface area contributed by atoms with E-state index in [1.807, 2.05) is 47.8 Å². The lowest BCUT2D eigenvalue weighted by Crippen LogP contribution is -2.14. The van der Waals surface area contributed by atoms with E-state index in [-0.39, 0.29) is 24.8 Å². The predicted octanol–water partition coefficient (Wildman–Crippen LogP) is 4.49. The Balaban J connectivity index is 1.35. The average molecular weight is 392 g/mol. The van der Waals surface area contributed by atoms with E-state index in [1.54, 1.807) is 24.3 Å². The number of ketones is 1. The molecule has 0 spiro atoms. The van der Waals surface area contributed by atoms with Gasteiger partial charge in [-0.2, -0.15) is 0 Å². The molecule has 0 aliphatic carbocycles. The molecule has 0 amide bonds. The van der Waals surface area contributed by atoms with Crippen LogP contribution in [0.15, 0.2) is 71.8 Å². The number of Topliss-reactive ketones (excluding diaryl/α,β-unsaturated/α-hetero) is 1. The Labute approximate surface area is 165 Å². The highest BCUT2D eigenvalue weighted by Crippen LogP contribution is 2.35. The Morgan fingerprint density at radius 2 is 1.93 bits per heavy atom. The second-order valence-corrected chi connectivity index (χ2v) is 7.03. The topological polar surface area (TPSA) is 61.8 Å². The van der Waals surface area contributed by atoms with Crippen LogP contribution in [-0.2, 0) is 16.1 Å². The van der Waals surface area contributed by atoms with Crippen molar-refractivity contribution in [2.75, 3.05) is 6.61 Å². The first-order chi connectivity index (χ1) is 13.7. The molecule has 1 aliphatic rings. The number of benzene rings is 2. The van der Waals surface area contributed by atoms with Crippen LogP contribution in [0.3, 0.4) is 0 Å². The van der Waals surface area contributed by atoms with Gasteiger partial charge in [0.25, 0.3) is 0 Å². The summed E-state index contributed by atoms with van der Waals surface area (Å²) in [5.41, 5.74) is 1.38. The van der Waals surface area contributed by atoms with Crippen molar-refractivity contribution >= 4 is 29.2 Å². The van der Waals surface area contributed by atoms with E-state index < -0.39 is 5.97 Å². The maximum Gasteiger partial charge on any atom is 0.344 e. The van der Waals surface area contributed by atoms with Crippen LogP contribution in [0.4, 0.5) is 0 Å². The summed E-state index contributed by atoms with van der Waals surface area (Å²) in [5.74, 6) is 0.484. The van der Waals surface area contributed by atoms with Crippen LogP contribution in [0.2, 0.25) is 0 Å². The van der Waals surface area contributed by atoms with Crippen molar-refractivity contribution < 1.29 is 23.8 Å². The highest BCUT2D eigenvalue weighted by atomic mass is 32.1. The lowest BCUT2D eigenvalue weighted by Gasteiger charge is -2.08. The molecule has 0 radical (unpaired) electrons. The fourth-order valence-corrected chi connectivity index (χ4v) is 3.33. The van der Waals surface area contributed by atoms with Crippen LogP contribution in [0, 0.1) is 0 Å². The highest BCUT2D eigenvalue weighted by Gasteiger charge is 2.27. The van der Waals surface area contributed by atoms with Crippen LogP contribution in [0.25, 0.3) is 6.08 Å². The fraction of sp³-hybridized carbons (Fsp3) is 0.0909. The van der Waals surface area contributed by atoms with Crippen molar-refractivity contribution in [1.82, 2.24) is 0 Å². The number of carbonyl (C=O) groups is 2. The molecule has 28 heavy (non-hydrogen) atoms. The van der Waals surface area contributed by atoms with Crippen molar-refractivity contribution in [1.29, 1.82) is 0 Å². The van der Waals surface area contributed by atoms with Gasteiger partial charge < -0.3 is 14.2 Å². The normalized spacial score (nSPS) is 13.9.